The predicted molar refractivity (Wildman–Crippen MR) is 282 cm³/mol. The van der Waals surface area contributed by atoms with Crippen LogP contribution in [0.4, 0.5) is 26.7 Å². The second-order valence-electron chi connectivity index (χ2n) is 18.8. The highest BCUT2D eigenvalue weighted by Gasteiger charge is 2.38. The van der Waals surface area contributed by atoms with Crippen molar-refractivity contribution >= 4 is 61.0 Å². The van der Waals surface area contributed by atoms with Gasteiger partial charge in [0.15, 0.2) is 5.84 Å². The minimum absolute atomic E-state index is 0.000895. The molecule has 6 rings (SSSR count). The minimum atomic E-state index is -5.10. The third-order valence-corrected chi connectivity index (χ3v) is 14.3. The highest BCUT2D eigenvalue weighted by atomic mass is 32.2. The first-order valence-electron chi connectivity index (χ1n) is 23.4. The third kappa shape index (κ3) is 15.4. The molecule has 7 N–H and O–H groups in total. The van der Waals surface area contributed by atoms with E-state index in [2.05, 4.69) is 36.4 Å². The lowest BCUT2D eigenvalue weighted by Crippen LogP contribution is -2.38. The zero-order chi connectivity index (χ0) is 54.7. The van der Waals surface area contributed by atoms with Crippen LogP contribution in [0.5, 0.6) is 17.2 Å². The van der Waals surface area contributed by atoms with Gasteiger partial charge >= 0.3 is 12.2 Å². The van der Waals surface area contributed by atoms with E-state index in [1.807, 2.05) is 0 Å². The fourth-order valence-electron chi connectivity index (χ4n) is 7.35. The molecule has 0 saturated carbocycles. The number of amides is 3. The van der Waals surface area contributed by atoms with E-state index in [-0.39, 0.29) is 71.5 Å². The van der Waals surface area contributed by atoms with Gasteiger partial charge in [0.1, 0.15) is 50.5 Å². The normalized spacial score (nSPS) is 13.9. The first-order chi connectivity index (χ1) is 35.4. The number of aliphatic imine (C=N–C) groups is 1. The molecule has 400 valence electrons. The first-order valence-corrected chi connectivity index (χ1v) is 26.3. The molecule has 0 unspecified atom stereocenters. The summed E-state index contributed by atoms with van der Waals surface area (Å²) < 4.78 is 92.9. The molecular formula is C51H62N10O12S2. The number of alkyl carbamates (subject to hydrolysis) is 2. The van der Waals surface area contributed by atoms with Crippen LogP contribution < -0.4 is 46.0 Å². The number of nitrogen functional groups attached to an aromatic ring is 1. The molecule has 1 aliphatic rings. The number of fused-ring (bicyclic) bond motifs is 2. The minimum Gasteiger partial charge on any atom is -0.497 e. The Labute approximate surface area is 436 Å². The Morgan fingerprint density at radius 2 is 1.32 bits per heavy atom. The highest BCUT2D eigenvalue weighted by Crippen LogP contribution is 2.40. The summed E-state index contributed by atoms with van der Waals surface area (Å²) in [4.78, 5) is 41.3. The van der Waals surface area contributed by atoms with Gasteiger partial charge in [-0.25, -0.2) is 36.1 Å². The molecule has 0 aliphatic carbocycles. The lowest BCUT2D eigenvalue weighted by Gasteiger charge is -2.27. The van der Waals surface area contributed by atoms with Crippen molar-refractivity contribution in [2.24, 2.45) is 15.3 Å². The lowest BCUT2D eigenvalue weighted by molar-refractivity contribution is -0.115. The molecule has 5 aromatic rings. The molecule has 1 aliphatic heterocycles. The number of amidine groups is 1. The van der Waals surface area contributed by atoms with Crippen LogP contribution in [-0.2, 0) is 53.9 Å². The van der Waals surface area contributed by atoms with Crippen molar-refractivity contribution in [1.29, 1.82) is 0 Å². The van der Waals surface area contributed by atoms with Crippen LogP contribution >= 0.6 is 0 Å². The molecule has 0 radical (unpaired) electrons. The monoisotopic (exact) mass is 1070 g/mol. The Hall–Kier alpha value is -7.80. The zero-order valence-corrected chi connectivity index (χ0v) is 44.7. The third-order valence-electron chi connectivity index (χ3n) is 10.8. The Morgan fingerprint density at radius 1 is 0.720 bits per heavy atom. The second-order valence-corrected chi connectivity index (χ2v) is 22.4. The summed E-state index contributed by atoms with van der Waals surface area (Å²) in [7, 11) is -5.54. The van der Waals surface area contributed by atoms with Gasteiger partial charge in [-0.05, 0) is 124 Å². The first kappa shape index (κ1) is 56.5. The standard InChI is InChI=1S/C51H62N10O12S2/c1-50(2,3)72-48(63)53-24-25-56-74(65,66)43-23-20-38(35-15-21-40(39(52)27-35)57-44(62)29-54-49(64)73-51(4,5)6)45(47-58-41-26-34(28-55-60-59-47)14-22-42(41)71-9)46(43)75(67,68)61(30-32-10-16-36(69-7)17-11-32)31-33-12-18-37(70-8)19-13-33/h10-23,26-27,56H,24-25,28-31,52H2,1-9H3,(H,53,63)(H,54,64)(H,57,62)(H,55,58,59). The van der Waals surface area contributed by atoms with Gasteiger partial charge < -0.3 is 45.4 Å². The van der Waals surface area contributed by atoms with Gasteiger partial charge in [-0.3, -0.25) is 10.2 Å². The molecule has 0 fully saturated rings. The molecule has 2 bridgehead atoms. The van der Waals surface area contributed by atoms with Crippen molar-refractivity contribution in [2.45, 2.75) is 82.2 Å². The van der Waals surface area contributed by atoms with Crippen molar-refractivity contribution in [3.05, 3.63) is 119 Å². The summed E-state index contributed by atoms with van der Waals surface area (Å²) in [5.41, 5.74) is 9.85. The average Bonchev–Trinajstić information content (AvgIpc) is 3.42. The molecule has 0 atom stereocenters. The van der Waals surface area contributed by atoms with Crippen molar-refractivity contribution in [2.75, 3.05) is 52.0 Å². The number of hydrogen-bond acceptors (Lipinski definition) is 17. The zero-order valence-electron chi connectivity index (χ0n) is 43.1. The smallest absolute Gasteiger partial charge is 0.408 e. The van der Waals surface area contributed by atoms with E-state index in [0.29, 0.717) is 28.2 Å². The molecule has 24 heteroatoms. The molecule has 0 aromatic heterocycles. The Kier molecular flexibility index (Phi) is 18.1. The van der Waals surface area contributed by atoms with Gasteiger partial charge in [0.05, 0.1) is 44.8 Å². The summed E-state index contributed by atoms with van der Waals surface area (Å²) >= 11 is 0. The number of sulfonamides is 2. The number of rotatable bonds is 19. The highest BCUT2D eigenvalue weighted by molar-refractivity contribution is 7.92. The van der Waals surface area contributed by atoms with E-state index in [4.69, 9.17) is 34.4 Å². The summed E-state index contributed by atoms with van der Waals surface area (Å²) in [6.45, 7) is 8.54. The van der Waals surface area contributed by atoms with Crippen LogP contribution in [0.1, 0.15) is 63.8 Å². The maximum Gasteiger partial charge on any atom is 0.408 e. The maximum atomic E-state index is 16.2. The van der Waals surface area contributed by atoms with Crippen molar-refractivity contribution in [1.82, 2.24) is 25.1 Å². The maximum absolute atomic E-state index is 16.2. The van der Waals surface area contributed by atoms with E-state index >= 15 is 8.42 Å². The average molecular weight is 1070 g/mol. The van der Waals surface area contributed by atoms with Gasteiger partial charge in [-0.2, -0.15) is 4.31 Å². The summed E-state index contributed by atoms with van der Waals surface area (Å²) in [6.07, 6.45) is -1.61. The number of methoxy groups -OCH3 is 3. The SMILES string of the molecule is COc1ccc(CN(Cc2ccc(OC)cc2)S(=O)(=O)c2c(S(=O)(=O)NCCNC(=O)OC(C)(C)C)ccc(-c3ccc(NC(=O)CNC(=O)OC(C)(C)C)c(N)c3)c2C2=N/c3cc(ccc3OC)CN/N=N\2)cc1. The molecular weight excluding hydrogens is 1010 g/mol. The van der Waals surface area contributed by atoms with E-state index in [0.717, 1.165) is 10.4 Å². The summed E-state index contributed by atoms with van der Waals surface area (Å²) in [5, 5.41) is 16.2. The van der Waals surface area contributed by atoms with Crippen molar-refractivity contribution < 1.29 is 54.9 Å². The van der Waals surface area contributed by atoms with Crippen molar-refractivity contribution in [3.8, 4) is 28.4 Å². The van der Waals surface area contributed by atoms with Crippen LogP contribution in [0.3, 0.4) is 0 Å². The van der Waals surface area contributed by atoms with E-state index in [1.165, 1.54) is 45.6 Å². The topological polar surface area (TPSA) is 292 Å². The molecule has 1 heterocycles. The quantitative estimate of drug-likeness (QED) is 0.0353. The van der Waals surface area contributed by atoms with Crippen LogP contribution in [0, 0.1) is 0 Å². The molecule has 0 spiro atoms. The van der Waals surface area contributed by atoms with E-state index in [1.54, 1.807) is 108 Å². The van der Waals surface area contributed by atoms with Gasteiger partial charge in [0, 0.05) is 26.2 Å². The number of hydrogen-bond donors (Lipinski definition) is 6. The molecule has 22 nitrogen and oxygen atoms in total. The Bertz CT molecular complexity index is 3130. The summed E-state index contributed by atoms with van der Waals surface area (Å²) in [5.74, 6) is 0.287. The second kappa shape index (κ2) is 24.0. The number of anilines is 2. The van der Waals surface area contributed by atoms with Gasteiger partial charge in [0.2, 0.25) is 26.0 Å². The number of nitrogens with zero attached hydrogens (tertiary/aromatic N) is 4. The number of nitrogens with two attached hydrogens (primary N) is 1. The largest absolute Gasteiger partial charge is 0.497 e. The van der Waals surface area contributed by atoms with Crippen LogP contribution in [-0.4, -0.2) is 97.2 Å². The number of carbonyl (C=O) groups excluding carboxylic acids is 3. The van der Waals surface area contributed by atoms with Crippen LogP contribution in [0.15, 0.2) is 122 Å². The molecule has 0 saturated heterocycles. The molecule has 75 heavy (non-hydrogen) atoms. The number of benzene rings is 5. The van der Waals surface area contributed by atoms with Gasteiger partial charge in [0.25, 0.3) is 0 Å². The Morgan fingerprint density at radius 3 is 1.88 bits per heavy atom. The number of nitrogens with one attached hydrogen (secondary N) is 5. The van der Waals surface area contributed by atoms with E-state index in [9.17, 15) is 22.8 Å². The van der Waals surface area contributed by atoms with Gasteiger partial charge in [-0.15, -0.1) is 5.11 Å². The molecule has 5 aromatic carbocycles. The van der Waals surface area contributed by atoms with Crippen LogP contribution in [0.2, 0.25) is 0 Å². The lowest BCUT2D eigenvalue weighted by atomic mass is 9.97. The molecule has 3 amide bonds. The van der Waals surface area contributed by atoms with E-state index < -0.39 is 72.2 Å². The fraction of sp³-hybridized carbons (Fsp3) is 0.333. The number of ether oxygens (including phenoxy) is 5. The summed E-state index contributed by atoms with van der Waals surface area (Å²) in [6, 6.07) is 25.5. The number of carbonyl (C=O) groups is 3. The van der Waals surface area contributed by atoms with Crippen LogP contribution in [0.25, 0.3) is 11.1 Å². The Balaban J connectivity index is 1.61. The van der Waals surface area contributed by atoms with Gasteiger partial charge in [-0.1, -0.05) is 47.7 Å². The fourth-order valence-corrected chi connectivity index (χ4v) is 10.8. The predicted octanol–water partition coefficient (Wildman–Crippen LogP) is 7.17. The van der Waals surface area contributed by atoms with Crippen molar-refractivity contribution in [3.63, 3.8) is 0 Å².